The minimum absolute atomic E-state index is 0.266. The molecule has 1 saturated carbocycles. The lowest BCUT2D eigenvalue weighted by Gasteiger charge is -2.23. The SMILES string of the molecule is O=C(O)C(OCC1CCOCC1)C1CC1. The Kier molecular flexibility index (Phi) is 3.59. The summed E-state index contributed by atoms with van der Waals surface area (Å²) in [5, 5.41) is 8.96. The Morgan fingerprint density at radius 1 is 1.33 bits per heavy atom. The van der Waals surface area contributed by atoms with Crippen molar-refractivity contribution in [1.29, 1.82) is 0 Å². The number of ether oxygens (including phenoxy) is 2. The minimum Gasteiger partial charge on any atom is -0.479 e. The topological polar surface area (TPSA) is 55.8 Å². The summed E-state index contributed by atoms with van der Waals surface area (Å²) in [6.07, 6.45) is 3.44. The van der Waals surface area contributed by atoms with Crippen LogP contribution in [0.25, 0.3) is 0 Å². The maximum absolute atomic E-state index is 10.9. The van der Waals surface area contributed by atoms with Gasteiger partial charge in [0.2, 0.25) is 0 Å². The van der Waals surface area contributed by atoms with Gasteiger partial charge < -0.3 is 14.6 Å². The molecule has 0 spiro atoms. The standard InChI is InChI=1S/C11H18O4/c12-11(13)10(9-1-2-9)15-7-8-3-5-14-6-4-8/h8-10H,1-7H2,(H,12,13). The van der Waals surface area contributed by atoms with E-state index in [0.29, 0.717) is 12.5 Å². The van der Waals surface area contributed by atoms with Crippen molar-refractivity contribution >= 4 is 5.97 Å². The highest BCUT2D eigenvalue weighted by atomic mass is 16.5. The summed E-state index contributed by atoms with van der Waals surface area (Å²) in [6.45, 7) is 2.15. The van der Waals surface area contributed by atoms with E-state index in [1.807, 2.05) is 0 Å². The van der Waals surface area contributed by atoms with E-state index in [-0.39, 0.29) is 5.92 Å². The van der Waals surface area contributed by atoms with E-state index < -0.39 is 12.1 Å². The fourth-order valence-electron chi connectivity index (χ4n) is 1.96. The number of aliphatic carboxylic acids is 1. The summed E-state index contributed by atoms with van der Waals surface area (Å²) >= 11 is 0. The lowest BCUT2D eigenvalue weighted by molar-refractivity contribution is -0.153. The van der Waals surface area contributed by atoms with Crippen molar-refractivity contribution < 1.29 is 19.4 Å². The van der Waals surface area contributed by atoms with Gasteiger partial charge in [0, 0.05) is 13.2 Å². The van der Waals surface area contributed by atoms with Gasteiger partial charge in [0.05, 0.1) is 6.61 Å². The maximum Gasteiger partial charge on any atom is 0.333 e. The summed E-state index contributed by atoms with van der Waals surface area (Å²) in [4.78, 5) is 10.9. The molecular weight excluding hydrogens is 196 g/mol. The van der Waals surface area contributed by atoms with E-state index >= 15 is 0 Å². The van der Waals surface area contributed by atoms with Crippen LogP contribution in [0.1, 0.15) is 25.7 Å². The minimum atomic E-state index is -0.801. The van der Waals surface area contributed by atoms with Crippen molar-refractivity contribution in [3.63, 3.8) is 0 Å². The number of hydrogen-bond donors (Lipinski definition) is 1. The van der Waals surface area contributed by atoms with E-state index in [2.05, 4.69) is 0 Å². The molecule has 1 aliphatic carbocycles. The maximum atomic E-state index is 10.9. The predicted octanol–water partition coefficient (Wildman–Crippen LogP) is 1.29. The van der Waals surface area contributed by atoms with E-state index in [4.69, 9.17) is 14.6 Å². The van der Waals surface area contributed by atoms with Gasteiger partial charge in [-0.25, -0.2) is 4.79 Å². The number of hydrogen-bond acceptors (Lipinski definition) is 3. The Balaban J connectivity index is 1.72. The average Bonchev–Trinajstić information content (AvgIpc) is 3.03. The monoisotopic (exact) mass is 214 g/mol. The van der Waals surface area contributed by atoms with Gasteiger partial charge in [-0.15, -0.1) is 0 Å². The number of carboxylic acids is 1. The highest BCUT2D eigenvalue weighted by molar-refractivity contribution is 5.73. The molecule has 1 unspecified atom stereocenters. The molecule has 0 amide bonds. The summed E-state index contributed by atoms with van der Waals surface area (Å²) in [6, 6.07) is 0. The fraction of sp³-hybridized carbons (Fsp3) is 0.909. The third kappa shape index (κ3) is 3.18. The molecule has 2 fully saturated rings. The molecule has 4 heteroatoms. The summed E-state index contributed by atoms with van der Waals surface area (Å²) in [5.41, 5.74) is 0. The molecule has 0 radical (unpaired) electrons. The summed E-state index contributed by atoms with van der Waals surface area (Å²) < 4.78 is 10.8. The van der Waals surface area contributed by atoms with Gasteiger partial charge in [-0.1, -0.05) is 0 Å². The molecule has 0 aromatic carbocycles. The molecular formula is C11H18O4. The van der Waals surface area contributed by atoms with Gasteiger partial charge in [0.1, 0.15) is 0 Å². The van der Waals surface area contributed by atoms with Gasteiger partial charge in [-0.2, -0.15) is 0 Å². The number of rotatable bonds is 5. The first-order valence-electron chi connectivity index (χ1n) is 5.69. The van der Waals surface area contributed by atoms with E-state index in [1.54, 1.807) is 0 Å². The fourth-order valence-corrected chi connectivity index (χ4v) is 1.96. The van der Waals surface area contributed by atoms with Crippen molar-refractivity contribution in [2.75, 3.05) is 19.8 Å². The van der Waals surface area contributed by atoms with Crippen LogP contribution in [0.4, 0.5) is 0 Å². The second-order valence-corrected chi connectivity index (χ2v) is 4.49. The Bertz CT molecular complexity index is 219. The highest BCUT2D eigenvalue weighted by Crippen LogP contribution is 2.35. The molecule has 86 valence electrons. The van der Waals surface area contributed by atoms with Crippen molar-refractivity contribution in [3.05, 3.63) is 0 Å². The van der Waals surface area contributed by atoms with Crippen LogP contribution in [0.15, 0.2) is 0 Å². The molecule has 4 nitrogen and oxygen atoms in total. The zero-order chi connectivity index (χ0) is 10.7. The van der Waals surface area contributed by atoms with Crippen LogP contribution in [-0.4, -0.2) is 37.0 Å². The molecule has 0 aromatic heterocycles. The predicted molar refractivity (Wildman–Crippen MR) is 53.6 cm³/mol. The van der Waals surface area contributed by atoms with E-state index in [9.17, 15) is 4.79 Å². The van der Waals surface area contributed by atoms with Gasteiger partial charge in [-0.05, 0) is 37.5 Å². The Labute approximate surface area is 89.6 Å². The highest BCUT2D eigenvalue weighted by Gasteiger charge is 2.37. The molecule has 1 saturated heterocycles. The van der Waals surface area contributed by atoms with Gasteiger partial charge >= 0.3 is 5.97 Å². The van der Waals surface area contributed by atoms with Crippen molar-refractivity contribution in [3.8, 4) is 0 Å². The first kappa shape index (κ1) is 10.9. The largest absolute Gasteiger partial charge is 0.479 e. The second-order valence-electron chi connectivity index (χ2n) is 4.49. The molecule has 1 heterocycles. The molecule has 0 aromatic rings. The lowest BCUT2D eigenvalue weighted by atomic mass is 10.0. The van der Waals surface area contributed by atoms with Gasteiger partial charge in [0.25, 0.3) is 0 Å². The van der Waals surface area contributed by atoms with Crippen molar-refractivity contribution in [2.45, 2.75) is 31.8 Å². The van der Waals surface area contributed by atoms with Crippen LogP contribution in [-0.2, 0) is 14.3 Å². The normalized spacial score (nSPS) is 25.1. The summed E-state index contributed by atoms with van der Waals surface area (Å²) in [7, 11) is 0. The number of carboxylic acid groups (broad SMARTS) is 1. The van der Waals surface area contributed by atoms with E-state index in [0.717, 1.165) is 38.9 Å². The summed E-state index contributed by atoms with van der Waals surface area (Å²) in [5.74, 6) is -0.0498. The molecule has 0 bridgehead atoms. The second kappa shape index (κ2) is 4.94. The molecule has 15 heavy (non-hydrogen) atoms. The average molecular weight is 214 g/mol. The van der Waals surface area contributed by atoms with Crippen LogP contribution in [0.5, 0.6) is 0 Å². The Morgan fingerprint density at radius 3 is 2.53 bits per heavy atom. The molecule has 2 aliphatic rings. The van der Waals surface area contributed by atoms with Crippen LogP contribution >= 0.6 is 0 Å². The Morgan fingerprint density at radius 2 is 2.00 bits per heavy atom. The molecule has 2 rings (SSSR count). The van der Waals surface area contributed by atoms with Gasteiger partial charge in [-0.3, -0.25) is 0 Å². The number of carbonyl (C=O) groups is 1. The van der Waals surface area contributed by atoms with Crippen molar-refractivity contribution in [1.82, 2.24) is 0 Å². The van der Waals surface area contributed by atoms with Crippen LogP contribution in [0.2, 0.25) is 0 Å². The van der Waals surface area contributed by atoms with Crippen LogP contribution in [0, 0.1) is 11.8 Å². The molecule has 1 aliphatic heterocycles. The Hall–Kier alpha value is -0.610. The van der Waals surface area contributed by atoms with Crippen LogP contribution in [0.3, 0.4) is 0 Å². The molecule has 1 N–H and O–H groups in total. The zero-order valence-electron chi connectivity index (χ0n) is 8.85. The van der Waals surface area contributed by atoms with Crippen molar-refractivity contribution in [2.24, 2.45) is 11.8 Å². The third-order valence-corrected chi connectivity index (χ3v) is 3.15. The lowest BCUT2D eigenvalue weighted by Crippen LogP contribution is -2.30. The third-order valence-electron chi connectivity index (χ3n) is 3.15. The first-order valence-corrected chi connectivity index (χ1v) is 5.69. The first-order chi connectivity index (χ1) is 7.27. The van der Waals surface area contributed by atoms with Crippen LogP contribution < -0.4 is 0 Å². The zero-order valence-corrected chi connectivity index (χ0v) is 8.85. The molecule has 1 atom stereocenters. The van der Waals surface area contributed by atoms with Gasteiger partial charge in [0.15, 0.2) is 6.10 Å². The smallest absolute Gasteiger partial charge is 0.333 e. The van der Waals surface area contributed by atoms with E-state index in [1.165, 1.54) is 0 Å². The quantitative estimate of drug-likeness (QED) is 0.749.